The molecule has 0 amide bonds. The van der Waals surface area contributed by atoms with Crippen LogP contribution in [0.4, 0.5) is 0 Å². The molecule has 6 aromatic rings. The number of carbonyl (C=O) groups excluding carboxylic acids is 1. The minimum absolute atomic E-state index is 0.0753. The molecule has 1 aromatic heterocycles. The Hall–Kier alpha value is -3.95. The number of H-pyrrole nitrogens is 1. The lowest BCUT2D eigenvalue weighted by molar-refractivity contribution is -0.110. The van der Waals surface area contributed by atoms with Crippen molar-refractivity contribution in [3.63, 3.8) is 0 Å². The van der Waals surface area contributed by atoms with Crippen molar-refractivity contribution in [1.82, 2.24) is 9.88 Å². The summed E-state index contributed by atoms with van der Waals surface area (Å²) in [5.41, 5.74) is 4.95. The molecule has 0 fully saturated rings. The Morgan fingerprint density at radius 2 is 1.47 bits per heavy atom. The van der Waals surface area contributed by atoms with Gasteiger partial charge in [-0.05, 0) is 82.4 Å². The standard InChI is InChI=1S/C35H32N2O/c1-37(2)20-26-19-25(35-34(32(26)21-38)30-9-5-6-10-33(30)36-35)17-22-11-12-24-14-15-28-27-8-4-3-7-23(27)13-16-29(28)31(24)18-22/h3-16,18,21,25-26,32,36H,17,19-20H2,1-2H3. The van der Waals surface area contributed by atoms with Crippen molar-refractivity contribution < 1.29 is 4.79 Å². The van der Waals surface area contributed by atoms with E-state index in [9.17, 15) is 4.79 Å². The fourth-order valence-corrected chi connectivity index (χ4v) is 7.03. The second-order valence-electron chi connectivity index (χ2n) is 11.3. The van der Waals surface area contributed by atoms with Crippen LogP contribution in [0.1, 0.15) is 35.1 Å². The molecule has 3 atom stereocenters. The molecule has 188 valence electrons. The molecule has 3 nitrogen and oxygen atoms in total. The molecule has 1 aliphatic rings. The van der Waals surface area contributed by atoms with Crippen LogP contribution in [0.3, 0.4) is 0 Å². The molecule has 5 aromatic carbocycles. The zero-order chi connectivity index (χ0) is 25.8. The number of nitrogens with zero attached hydrogens (tertiary/aromatic N) is 1. The van der Waals surface area contributed by atoms with E-state index >= 15 is 0 Å². The average Bonchev–Trinajstić information content (AvgIpc) is 3.32. The lowest BCUT2D eigenvalue weighted by atomic mass is 9.71. The Bertz CT molecular complexity index is 1830. The van der Waals surface area contributed by atoms with Crippen LogP contribution in [0, 0.1) is 5.92 Å². The number of carbonyl (C=O) groups is 1. The highest BCUT2D eigenvalue weighted by Crippen LogP contribution is 2.46. The highest BCUT2D eigenvalue weighted by molar-refractivity contribution is 6.17. The van der Waals surface area contributed by atoms with Gasteiger partial charge in [-0.2, -0.15) is 0 Å². The zero-order valence-corrected chi connectivity index (χ0v) is 21.9. The van der Waals surface area contributed by atoms with E-state index in [1.165, 1.54) is 60.8 Å². The van der Waals surface area contributed by atoms with Gasteiger partial charge in [-0.25, -0.2) is 0 Å². The van der Waals surface area contributed by atoms with Crippen LogP contribution in [0.5, 0.6) is 0 Å². The molecule has 1 heterocycles. The molecule has 1 aliphatic carbocycles. The molecule has 0 aliphatic heterocycles. The summed E-state index contributed by atoms with van der Waals surface area (Å²) in [4.78, 5) is 18.4. The first-order chi connectivity index (χ1) is 18.6. The van der Waals surface area contributed by atoms with Crippen molar-refractivity contribution >= 4 is 49.5 Å². The molecule has 38 heavy (non-hydrogen) atoms. The smallest absolute Gasteiger partial charge is 0.127 e. The molecule has 0 bridgehead atoms. The molecule has 0 radical (unpaired) electrons. The summed E-state index contributed by atoms with van der Waals surface area (Å²) < 4.78 is 0. The molecule has 7 rings (SSSR count). The minimum Gasteiger partial charge on any atom is -0.358 e. The lowest BCUT2D eigenvalue weighted by Crippen LogP contribution is -2.33. The fourth-order valence-electron chi connectivity index (χ4n) is 7.03. The van der Waals surface area contributed by atoms with E-state index in [4.69, 9.17) is 0 Å². The largest absolute Gasteiger partial charge is 0.358 e. The van der Waals surface area contributed by atoms with Crippen molar-refractivity contribution in [3.8, 4) is 0 Å². The summed E-state index contributed by atoms with van der Waals surface area (Å²) in [5.74, 6) is 0.562. The maximum Gasteiger partial charge on any atom is 0.127 e. The molecule has 0 saturated heterocycles. The summed E-state index contributed by atoms with van der Waals surface area (Å²) in [7, 11) is 4.22. The summed E-state index contributed by atoms with van der Waals surface area (Å²) >= 11 is 0. The predicted octanol–water partition coefficient (Wildman–Crippen LogP) is 7.82. The van der Waals surface area contributed by atoms with Gasteiger partial charge in [0.05, 0.1) is 0 Å². The van der Waals surface area contributed by atoms with Gasteiger partial charge in [-0.15, -0.1) is 0 Å². The lowest BCUT2D eigenvalue weighted by Gasteiger charge is -2.35. The number of aromatic amines is 1. The van der Waals surface area contributed by atoms with E-state index in [1.807, 2.05) is 0 Å². The van der Waals surface area contributed by atoms with Gasteiger partial charge in [0.1, 0.15) is 6.29 Å². The van der Waals surface area contributed by atoms with Gasteiger partial charge in [0, 0.05) is 35.0 Å². The maximum absolute atomic E-state index is 12.5. The second-order valence-corrected chi connectivity index (χ2v) is 11.3. The number of rotatable bonds is 5. The molecule has 0 saturated carbocycles. The predicted molar refractivity (Wildman–Crippen MR) is 159 cm³/mol. The van der Waals surface area contributed by atoms with Gasteiger partial charge in [-0.1, -0.05) is 84.9 Å². The monoisotopic (exact) mass is 496 g/mol. The van der Waals surface area contributed by atoms with Crippen LogP contribution in [0.2, 0.25) is 0 Å². The normalized spacial score (nSPS) is 19.5. The van der Waals surface area contributed by atoms with Gasteiger partial charge < -0.3 is 14.7 Å². The Morgan fingerprint density at radius 1 is 0.789 bits per heavy atom. The third-order valence-electron chi connectivity index (χ3n) is 8.65. The van der Waals surface area contributed by atoms with Gasteiger partial charge >= 0.3 is 0 Å². The van der Waals surface area contributed by atoms with E-state index in [0.717, 1.165) is 24.9 Å². The minimum atomic E-state index is -0.0753. The first-order valence-electron chi connectivity index (χ1n) is 13.6. The molecule has 1 N–H and O–H groups in total. The Morgan fingerprint density at radius 3 is 2.26 bits per heavy atom. The van der Waals surface area contributed by atoms with Crippen LogP contribution in [-0.4, -0.2) is 36.8 Å². The summed E-state index contributed by atoms with van der Waals surface area (Å²) in [6, 6.07) is 33.1. The van der Waals surface area contributed by atoms with Crippen molar-refractivity contribution in [2.24, 2.45) is 5.92 Å². The Labute approximate surface area is 223 Å². The number of fused-ring (bicyclic) bond motifs is 8. The second kappa shape index (κ2) is 9.11. The van der Waals surface area contributed by atoms with Gasteiger partial charge in [0.2, 0.25) is 0 Å². The van der Waals surface area contributed by atoms with Gasteiger partial charge in [-0.3, -0.25) is 0 Å². The number of nitrogens with one attached hydrogen (secondary N) is 1. The van der Waals surface area contributed by atoms with Crippen molar-refractivity contribution in [2.45, 2.75) is 24.7 Å². The van der Waals surface area contributed by atoms with Crippen LogP contribution in [-0.2, 0) is 11.2 Å². The maximum atomic E-state index is 12.5. The Kier molecular flexibility index (Phi) is 5.56. The van der Waals surface area contributed by atoms with E-state index < -0.39 is 0 Å². The number of hydrogen-bond acceptors (Lipinski definition) is 2. The third kappa shape index (κ3) is 3.73. The molecule has 3 heteroatoms. The fraction of sp³-hybridized carbons (Fsp3) is 0.229. The van der Waals surface area contributed by atoms with Crippen molar-refractivity contribution in [2.75, 3.05) is 20.6 Å². The third-order valence-corrected chi connectivity index (χ3v) is 8.65. The number of hydrogen-bond donors (Lipinski definition) is 1. The quantitative estimate of drug-likeness (QED) is 0.195. The molecular weight excluding hydrogens is 464 g/mol. The van der Waals surface area contributed by atoms with E-state index in [0.29, 0.717) is 11.8 Å². The first-order valence-corrected chi connectivity index (χ1v) is 13.6. The SMILES string of the molecule is CN(C)CC1CC(Cc2ccc3ccc4c5ccccc5ccc4c3c2)c2[nH]c3ccccc3c2C1C=O. The van der Waals surface area contributed by atoms with Crippen molar-refractivity contribution in [1.29, 1.82) is 0 Å². The van der Waals surface area contributed by atoms with E-state index in [1.54, 1.807) is 0 Å². The van der Waals surface area contributed by atoms with Crippen LogP contribution in [0.15, 0.2) is 91.0 Å². The van der Waals surface area contributed by atoms with Crippen molar-refractivity contribution in [3.05, 3.63) is 108 Å². The molecule has 0 spiro atoms. The first kappa shape index (κ1) is 23.2. The topological polar surface area (TPSA) is 36.1 Å². The number of benzene rings is 5. The van der Waals surface area contributed by atoms with E-state index in [-0.39, 0.29) is 5.92 Å². The van der Waals surface area contributed by atoms with Crippen LogP contribution >= 0.6 is 0 Å². The number of para-hydroxylation sites is 1. The van der Waals surface area contributed by atoms with Crippen LogP contribution in [0.25, 0.3) is 43.2 Å². The zero-order valence-electron chi connectivity index (χ0n) is 21.9. The summed E-state index contributed by atoms with van der Waals surface area (Å²) in [5, 5.41) is 8.99. The van der Waals surface area contributed by atoms with Gasteiger partial charge in [0.25, 0.3) is 0 Å². The number of aldehydes is 1. The Balaban J connectivity index is 1.35. The van der Waals surface area contributed by atoms with Gasteiger partial charge in [0.15, 0.2) is 0 Å². The summed E-state index contributed by atoms with van der Waals surface area (Å²) in [6.45, 7) is 0.911. The highest BCUT2D eigenvalue weighted by Gasteiger charge is 2.37. The number of aromatic nitrogens is 1. The average molecular weight is 497 g/mol. The summed E-state index contributed by atoms with van der Waals surface area (Å²) in [6.07, 6.45) is 3.14. The van der Waals surface area contributed by atoms with E-state index in [2.05, 4.69) is 115 Å². The highest BCUT2D eigenvalue weighted by atomic mass is 16.1. The molecular formula is C35H32N2O. The molecule has 3 unspecified atom stereocenters. The van der Waals surface area contributed by atoms with Crippen LogP contribution < -0.4 is 0 Å².